The summed E-state index contributed by atoms with van der Waals surface area (Å²) in [4.78, 5) is 42.1. The van der Waals surface area contributed by atoms with Crippen LogP contribution in [-0.4, -0.2) is 87.3 Å². The van der Waals surface area contributed by atoms with Gasteiger partial charge in [-0.3, -0.25) is 14.6 Å². The molecule has 0 unspecified atom stereocenters. The Kier molecular flexibility index (Phi) is 7.22. The number of carbonyl (C=O) groups excluding carboxylic acids is 2. The topological polar surface area (TPSA) is 121 Å². The summed E-state index contributed by atoms with van der Waals surface area (Å²) in [7, 11) is 3.23. The minimum Gasteiger partial charge on any atom is -0.481 e. The van der Waals surface area contributed by atoms with Gasteiger partial charge in [0, 0.05) is 44.4 Å². The van der Waals surface area contributed by atoms with Crippen LogP contribution in [0.3, 0.4) is 0 Å². The van der Waals surface area contributed by atoms with Gasteiger partial charge in [0.25, 0.3) is 5.91 Å². The summed E-state index contributed by atoms with van der Waals surface area (Å²) >= 11 is 1.40. The summed E-state index contributed by atoms with van der Waals surface area (Å²) in [5.74, 6) is 0.115. The summed E-state index contributed by atoms with van der Waals surface area (Å²) < 4.78 is 19.9. The molecule has 1 saturated heterocycles. The number of aromatic nitrogens is 3. The van der Waals surface area contributed by atoms with Crippen LogP contribution < -0.4 is 10.1 Å². The molecule has 3 aromatic rings. The highest BCUT2D eigenvalue weighted by molar-refractivity contribution is 8.00. The van der Waals surface area contributed by atoms with Crippen molar-refractivity contribution >= 4 is 40.4 Å². The molecular weight excluding hydrogens is 499 g/mol. The first kappa shape index (κ1) is 25.3. The zero-order valence-electron chi connectivity index (χ0n) is 20.5. The van der Waals surface area contributed by atoms with E-state index in [1.807, 2.05) is 6.07 Å². The zero-order valence-corrected chi connectivity index (χ0v) is 21.3. The van der Waals surface area contributed by atoms with Crippen LogP contribution in [0.1, 0.15) is 35.0 Å². The number of aliphatic hydroxyl groups is 1. The van der Waals surface area contributed by atoms with Crippen LogP contribution in [0.15, 0.2) is 35.4 Å². The molecule has 2 aliphatic rings. The molecule has 0 spiro atoms. The molecule has 0 radical (unpaired) electrons. The van der Waals surface area contributed by atoms with Crippen LogP contribution in [0.4, 0.5) is 10.2 Å². The number of rotatable bonds is 6. The summed E-state index contributed by atoms with van der Waals surface area (Å²) in [6.45, 7) is 1.49. The predicted octanol–water partition coefficient (Wildman–Crippen LogP) is 2.49. The maximum absolute atomic E-state index is 14.7. The third-order valence-electron chi connectivity index (χ3n) is 6.77. The van der Waals surface area contributed by atoms with Crippen LogP contribution in [0.2, 0.25) is 0 Å². The number of anilines is 1. The van der Waals surface area contributed by atoms with Crippen molar-refractivity contribution in [2.24, 2.45) is 0 Å². The Morgan fingerprint density at radius 1 is 1.30 bits per heavy atom. The highest BCUT2D eigenvalue weighted by Crippen LogP contribution is 2.31. The number of hydrogen-bond donors (Lipinski definition) is 2. The lowest BCUT2D eigenvalue weighted by molar-refractivity contribution is -0.113. The molecule has 0 bridgehead atoms. The number of amides is 2. The van der Waals surface area contributed by atoms with E-state index in [4.69, 9.17) is 4.74 Å². The monoisotopic (exact) mass is 526 g/mol. The van der Waals surface area contributed by atoms with E-state index in [2.05, 4.69) is 25.2 Å². The molecule has 37 heavy (non-hydrogen) atoms. The number of methoxy groups -OCH3 is 1. The molecule has 2 amide bonds. The lowest BCUT2D eigenvalue weighted by atomic mass is 10.0. The van der Waals surface area contributed by atoms with Crippen molar-refractivity contribution in [1.29, 1.82) is 0 Å². The van der Waals surface area contributed by atoms with Crippen LogP contribution in [0.25, 0.3) is 11.0 Å². The van der Waals surface area contributed by atoms with Gasteiger partial charge in [0.15, 0.2) is 0 Å². The lowest BCUT2D eigenvalue weighted by Crippen LogP contribution is -2.46. The fraction of sp³-hybridized carbons (Fsp3) is 0.400. The predicted molar refractivity (Wildman–Crippen MR) is 136 cm³/mol. The SMILES string of the molecule is COc1ccc2ncc(F)c([C@@H](O)CN3CCC(N(C)C(=O)c4ccc5c(n4)NC(=O)CS5)CC3)c2n1. The standard InChI is InChI=1S/C25H27FN6O4S/c1-31(25(35)17-3-5-19-24(28-17)29-20(34)13-37-19)14-7-9-32(10-8-14)12-18(33)22-15(26)11-27-16-4-6-21(36-2)30-23(16)22/h3-6,11,14,18,33H,7-10,12-13H2,1-2H3,(H,28,29,34)/t18-/m0/s1. The van der Waals surface area contributed by atoms with E-state index in [1.165, 1.54) is 18.9 Å². The van der Waals surface area contributed by atoms with Gasteiger partial charge in [0.05, 0.1) is 35.6 Å². The van der Waals surface area contributed by atoms with Gasteiger partial charge in [-0.2, -0.15) is 0 Å². The van der Waals surface area contributed by atoms with Gasteiger partial charge in [0.1, 0.15) is 22.8 Å². The van der Waals surface area contributed by atoms with Gasteiger partial charge in [-0.05, 0) is 31.0 Å². The van der Waals surface area contributed by atoms with Gasteiger partial charge in [0.2, 0.25) is 11.8 Å². The van der Waals surface area contributed by atoms with Gasteiger partial charge in [-0.25, -0.2) is 14.4 Å². The molecule has 5 heterocycles. The quantitative estimate of drug-likeness (QED) is 0.499. The number of pyridine rings is 3. The number of thioether (sulfide) groups is 1. The number of hydrogen-bond acceptors (Lipinski definition) is 9. The highest BCUT2D eigenvalue weighted by Gasteiger charge is 2.29. The van der Waals surface area contributed by atoms with E-state index in [0.29, 0.717) is 48.9 Å². The second-order valence-electron chi connectivity index (χ2n) is 9.08. The molecule has 0 saturated carbocycles. The van der Waals surface area contributed by atoms with Crippen molar-refractivity contribution < 1.29 is 23.8 Å². The molecule has 12 heteroatoms. The molecule has 2 N–H and O–H groups in total. The average Bonchev–Trinajstić information content (AvgIpc) is 2.91. The number of fused-ring (bicyclic) bond motifs is 2. The Labute approximate surface area is 217 Å². The number of likely N-dealkylation sites (tertiary alicyclic amines) is 1. The summed E-state index contributed by atoms with van der Waals surface area (Å²) in [6.07, 6.45) is 1.38. The number of β-amino-alcohol motifs (C(OH)–C–C–N with tert-alkyl or cyclic N) is 1. The van der Waals surface area contributed by atoms with Gasteiger partial charge in [-0.1, -0.05) is 0 Å². The van der Waals surface area contributed by atoms with Crippen molar-refractivity contribution in [2.75, 3.05) is 44.9 Å². The summed E-state index contributed by atoms with van der Waals surface area (Å²) in [5.41, 5.74) is 1.13. The van der Waals surface area contributed by atoms with Gasteiger partial charge >= 0.3 is 0 Å². The Bertz CT molecular complexity index is 1350. The molecule has 0 aliphatic carbocycles. The first-order chi connectivity index (χ1) is 17.8. The van der Waals surface area contributed by atoms with Crippen LogP contribution >= 0.6 is 11.8 Å². The number of nitrogens with one attached hydrogen (secondary N) is 1. The van der Waals surface area contributed by atoms with Crippen molar-refractivity contribution in [3.8, 4) is 5.88 Å². The second kappa shape index (κ2) is 10.6. The van der Waals surface area contributed by atoms with E-state index >= 15 is 0 Å². The van der Waals surface area contributed by atoms with Crippen LogP contribution in [0, 0.1) is 5.82 Å². The largest absolute Gasteiger partial charge is 0.481 e. The minimum atomic E-state index is -1.10. The average molecular weight is 527 g/mol. The molecule has 3 aromatic heterocycles. The Morgan fingerprint density at radius 3 is 2.84 bits per heavy atom. The normalized spacial score (nSPS) is 17.2. The number of nitrogens with zero attached hydrogens (tertiary/aromatic N) is 5. The number of piperidine rings is 1. The van der Waals surface area contributed by atoms with Gasteiger partial charge in [-0.15, -0.1) is 11.8 Å². The van der Waals surface area contributed by atoms with E-state index in [1.54, 1.807) is 30.1 Å². The third-order valence-corrected chi connectivity index (χ3v) is 7.82. The van der Waals surface area contributed by atoms with Crippen LogP contribution in [0.5, 0.6) is 5.88 Å². The molecule has 1 fully saturated rings. The molecule has 0 aromatic carbocycles. The molecular formula is C25H27FN6O4S. The number of ether oxygens (including phenoxy) is 1. The Morgan fingerprint density at radius 2 is 2.08 bits per heavy atom. The fourth-order valence-electron chi connectivity index (χ4n) is 4.73. The Balaban J connectivity index is 1.22. The maximum atomic E-state index is 14.7. The van der Waals surface area contributed by atoms with Crippen molar-refractivity contribution in [1.82, 2.24) is 24.8 Å². The molecule has 194 valence electrons. The summed E-state index contributed by atoms with van der Waals surface area (Å²) in [6, 6.07) is 6.81. The smallest absolute Gasteiger partial charge is 0.272 e. The third kappa shape index (κ3) is 5.22. The molecule has 2 aliphatic heterocycles. The lowest BCUT2D eigenvalue weighted by Gasteiger charge is -2.37. The zero-order chi connectivity index (χ0) is 26.1. The first-order valence-electron chi connectivity index (χ1n) is 11.9. The van der Waals surface area contributed by atoms with Crippen molar-refractivity contribution in [2.45, 2.75) is 29.9 Å². The maximum Gasteiger partial charge on any atom is 0.272 e. The van der Waals surface area contributed by atoms with Crippen LogP contribution in [-0.2, 0) is 4.79 Å². The Hall–Kier alpha value is -3.35. The van der Waals surface area contributed by atoms with E-state index in [0.717, 1.165) is 11.1 Å². The van der Waals surface area contributed by atoms with Crippen molar-refractivity contribution in [3.05, 3.63) is 47.5 Å². The number of aliphatic hydroxyl groups excluding tert-OH is 1. The van der Waals surface area contributed by atoms with E-state index in [9.17, 15) is 19.1 Å². The van der Waals surface area contributed by atoms with E-state index in [-0.39, 0.29) is 41.2 Å². The second-order valence-corrected chi connectivity index (χ2v) is 10.1. The van der Waals surface area contributed by atoms with Crippen molar-refractivity contribution in [3.63, 3.8) is 0 Å². The van der Waals surface area contributed by atoms with E-state index < -0.39 is 11.9 Å². The number of halogens is 1. The van der Waals surface area contributed by atoms with Gasteiger partial charge < -0.3 is 25.0 Å². The molecule has 10 nitrogen and oxygen atoms in total. The molecule has 1 atom stereocenters. The first-order valence-corrected chi connectivity index (χ1v) is 12.9. The highest BCUT2D eigenvalue weighted by atomic mass is 32.2. The molecule has 5 rings (SSSR count). The summed E-state index contributed by atoms with van der Waals surface area (Å²) in [5, 5.41) is 13.7. The fourth-order valence-corrected chi connectivity index (χ4v) is 5.49. The number of carbonyl (C=O) groups is 2. The minimum absolute atomic E-state index is 0.00730.